The average molecular weight is 433 g/mol. The lowest BCUT2D eigenvalue weighted by molar-refractivity contribution is -0.113. The van der Waals surface area contributed by atoms with Crippen molar-refractivity contribution >= 4 is 39.4 Å². The summed E-state index contributed by atoms with van der Waals surface area (Å²) in [6.07, 6.45) is 1.78. The molecule has 0 saturated carbocycles. The van der Waals surface area contributed by atoms with Gasteiger partial charge in [-0.25, -0.2) is 4.99 Å². The molecule has 0 aromatic heterocycles. The van der Waals surface area contributed by atoms with Crippen LogP contribution >= 0.6 is 15.9 Å². The number of hydrogen-bond acceptors (Lipinski definition) is 3. The molecule has 1 aliphatic rings. The second-order valence-electron chi connectivity index (χ2n) is 6.54. The zero-order valence-electron chi connectivity index (χ0n) is 15.1. The minimum atomic E-state index is -0.204. The monoisotopic (exact) mass is 432 g/mol. The highest BCUT2D eigenvalue weighted by Gasteiger charge is 2.32. The largest absolute Gasteiger partial charge is 0.508 e. The summed E-state index contributed by atoms with van der Waals surface area (Å²) in [6.45, 7) is 2.02. The number of carbonyl (C=O) groups is 1. The van der Waals surface area contributed by atoms with Crippen molar-refractivity contribution in [2.24, 2.45) is 4.99 Å². The van der Waals surface area contributed by atoms with Gasteiger partial charge in [0.05, 0.1) is 5.69 Å². The van der Waals surface area contributed by atoms with Crippen molar-refractivity contribution in [1.82, 2.24) is 0 Å². The number of amides is 1. The Balaban J connectivity index is 1.81. The number of rotatable bonds is 3. The second-order valence-corrected chi connectivity index (χ2v) is 7.46. The molecular formula is C23H17BrN2O2. The highest BCUT2D eigenvalue weighted by atomic mass is 79.9. The summed E-state index contributed by atoms with van der Waals surface area (Å²) in [7, 11) is 0. The first-order chi connectivity index (χ1) is 13.5. The number of nitrogens with zero attached hydrogens (tertiary/aromatic N) is 2. The molecule has 0 spiro atoms. The normalized spacial score (nSPS) is 15.2. The predicted octanol–water partition coefficient (Wildman–Crippen LogP) is 5.30. The molecule has 1 amide bonds. The van der Waals surface area contributed by atoms with Crippen LogP contribution in [0.25, 0.3) is 6.08 Å². The van der Waals surface area contributed by atoms with Gasteiger partial charge in [-0.1, -0.05) is 57.9 Å². The minimum Gasteiger partial charge on any atom is -0.508 e. The van der Waals surface area contributed by atoms with E-state index in [4.69, 9.17) is 0 Å². The van der Waals surface area contributed by atoms with Crippen LogP contribution in [0.15, 0.2) is 88.0 Å². The molecule has 0 fully saturated rings. The maximum Gasteiger partial charge on any atom is 0.282 e. The smallest absolute Gasteiger partial charge is 0.282 e. The molecule has 3 aromatic rings. The molecule has 1 N–H and O–H groups in total. The zero-order valence-corrected chi connectivity index (χ0v) is 16.7. The summed E-state index contributed by atoms with van der Waals surface area (Å²) in [5.74, 6) is 0.512. The Morgan fingerprint density at radius 1 is 0.929 bits per heavy atom. The zero-order chi connectivity index (χ0) is 19.7. The van der Waals surface area contributed by atoms with Crippen LogP contribution in [0.3, 0.4) is 0 Å². The van der Waals surface area contributed by atoms with E-state index >= 15 is 0 Å². The van der Waals surface area contributed by atoms with Crippen LogP contribution in [0.2, 0.25) is 0 Å². The summed E-state index contributed by atoms with van der Waals surface area (Å²) in [5.41, 5.74) is 3.90. The van der Waals surface area contributed by atoms with Gasteiger partial charge in [-0.05, 0) is 55.0 Å². The Labute approximate surface area is 171 Å². The van der Waals surface area contributed by atoms with E-state index in [1.807, 2.05) is 55.5 Å². The fourth-order valence-corrected chi connectivity index (χ4v) is 3.24. The topological polar surface area (TPSA) is 52.9 Å². The number of carbonyl (C=O) groups excluding carboxylic acids is 1. The third-order valence-electron chi connectivity index (χ3n) is 4.45. The predicted molar refractivity (Wildman–Crippen MR) is 115 cm³/mol. The van der Waals surface area contributed by atoms with E-state index in [1.165, 1.54) is 0 Å². The molecule has 0 bridgehead atoms. The SMILES string of the molecule is Cc1ccc(C2=N/C(=C/c3ccc(Br)cc3)C(=O)N2c2ccc(O)cc2)cc1. The fourth-order valence-electron chi connectivity index (χ4n) is 2.97. The first-order valence-corrected chi connectivity index (χ1v) is 9.57. The van der Waals surface area contributed by atoms with Gasteiger partial charge in [-0.15, -0.1) is 0 Å². The van der Waals surface area contributed by atoms with Crippen molar-refractivity contribution < 1.29 is 9.90 Å². The first kappa shape index (κ1) is 18.2. The lowest BCUT2D eigenvalue weighted by Crippen LogP contribution is -2.32. The van der Waals surface area contributed by atoms with Crippen LogP contribution in [-0.4, -0.2) is 16.8 Å². The van der Waals surface area contributed by atoms with Gasteiger partial charge >= 0.3 is 0 Å². The van der Waals surface area contributed by atoms with Crippen LogP contribution < -0.4 is 4.90 Å². The third-order valence-corrected chi connectivity index (χ3v) is 4.98. The third kappa shape index (κ3) is 3.62. The van der Waals surface area contributed by atoms with Gasteiger partial charge in [0.2, 0.25) is 0 Å². The molecule has 0 atom stereocenters. The van der Waals surface area contributed by atoms with E-state index in [-0.39, 0.29) is 11.7 Å². The summed E-state index contributed by atoms with van der Waals surface area (Å²) in [6, 6.07) is 22.1. The summed E-state index contributed by atoms with van der Waals surface area (Å²) >= 11 is 3.42. The Kier molecular flexibility index (Phi) is 4.84. The second kappa shape index (κ2) is 7.44. The lowest BCUT2D eigenvalue weighted by atomic mass is 10.1. The lowest BCUT2D eigenvalue weighted by Gasteiger charge is -2.18. The molecule has 28 heavy (non-hydrogen) atoms. The van der Waals surface area contributed by atoms with Crippen LogP contribution in [0.5, 0.6) is 5.75 Å². The van der Waals surface area contributed by atoms with E-state index in [1.54, 1.807) is 35.2 Å². The van der Waals surface area contributed by atoms with Gasteiger partial charge in [0.25, 0.3) is 5.91 Å². The van der Waals surface area contributed by atoms with Crippen molar-refractivity contribution in [1.29, 1.82) is 0 Å². The molecule has 4 rings (SSSR count). The van der Waals surface area contributed by atoms with Crippen LogP contribution in [0.4, 0.5) is 5.69 Å². The number of aliphatic imine (C=N–C) groups is 1. The molecule has 138 valence electrons. The number of benzene rings is 3. The number of anilines is 1. The number of aromatic hydroxyl groups is 1. The van der Waals surface area contributed by atoms with Crippen molar-refractivity contribution in [3.05, 3.63) is 99.7 Å². The molecular weight excluding hydrogens is 416 g/mol. The number of aryl methyl sites for hydroxylation is 1. The van der Waals surface area contributed by atoms with Gasteiger partial charge in [0, 0.05) is 10.0 Å². The number of phenols is 1. The Morgan fingerprint density at radius 2 is 1.57 bits per heavy atom. The number of amidine groups is 1. The Bertz CT molecular complexity index is 1080. The van der Waals surface area contributed by atoms with Gasteiger partial charge in [-0.2, -0.15) is 0 Å². The molecule has 0 saturated heterocycles. The fraction of sp³-hybridized carbons (Fsp3) is 0.0435. The van der Waals surface area contributed by atoms with Crippen LogP contribution in [-0.2, 0) is 4.79 Å². The van der Waals surface area contributed by atoms with Crippen molar-refractivity contribution in [3.8, 4) is 5.75 Å². The number of phenolic OH excluding ortho intramolecular Hbond substituents is 1. The molecule has 5 heteroatoms. The van der Waals surface area contributed by atoms with Gasteiger partial charge in [-0.3, -0.25) is 9.69 Å². The van der Waals surface area contributed by atoms with Crippen molar-refractivity contribution in [3.63, 3.8) is 0 Å². The van der Waals surface area contributed by atoms with Gasteiger partial charge in [0.15, 0.2) is 0 Å². The Hall–Kier alpha value is -3.18. The Morgan fingerprint density at radius 3 is 2.21 bits per heavy atom. The maximum absolute atomic E-state index is 13.2. The van der Waals surface area contributed by atoms with E-state index in [0.717, 1.165) is 21.2 Å². The highest BCUT2D eigenvalue weighted by Crippen LogP contribution is 2.29. The van der Waals surface area contributed by atoms with Gasteiger partial charge < -0.3 is 5.11 Å². The van der Waals surface area contributed by atoms with Crippen LogP contribution in [0.1, 0.15) is 16.7 Å². The molecule has 0 unspecified atom stereocenters. The van der Waals surface area contributed by atoms with E-state index < -0.39 is 0 Å². The summed E-state index contributed by atoms with van der Waals surface area (Å²) in [4.78, 5) is 19.4. The molecule has 0 radical (unpaired) electrons. The van der Waals surface area contributed by atoms with Gasteiger partial charge in [0.1, 0.15) is 17.3 Å². The summed E-state index contributed by atoms with van der Waals surface area (Å²) in [5, 5.41) is 9.60. The molecule has 1 aliphatic heterocycles. The van der Waals surface area contributed by atoms with E-state index in [9.17, 15) is 9.90 Å². The van der Waals surface area contributed by atoms with E-state index in [2.05, 4.69) is 20.9 Å². The number of hydrogen-bond donors (Lipinski definition) is 1. The number of halogens is 1. The average Bonchev–Trinajstić information content (AvgIpc) is 3.01. The minimum absolute atomic E-state index is 0.148. The standard InChI is InChI=1S/C23H17BrN2O2/c1-15-2-6-17(7-3-15)22-25-21(14-16-4-8-18(24)9-5-16)23(28)26(22)19-10-12-20(27)13-11-19/h2-14,27H,1H3/b21-14+. The van der Waals surface area contributed by atoms with E-state index in [0.29, 0.717) is 17.2 Å². The molecule has 4 nitrogen and oxygen atoms in total. The van der Waals surface area contributed by atoms with Crippen molar-refractivity contribution in [2.45, 2.75) is 6.92 Å². The summed E-state index contributed by atoms with van der Waals surface area (Å²) < 4.78 is 0.974. The molecule has 3 aromatic carbocycles. The van der Waals surface area contributed by atoms with Crippen LogP contribution in [0, 0.1) is 6.92 Å². The molecule has 1 heterocycles. The van der Waals surface area contributed by atoms with Crippen molar-refractivity contribution in [2.75, 3.05) is 4.90 Å². The maximum atomic E-state index is 13.2. The highest BCUT2D eigenvalue weighted by molar-refractivity contribution is 9.10. The first-order valence-electron chi connectivity index (χ1n) is 8.78. The quantitative estimate of drug-likeness (QED) is 0.571. The molecule has 0 aliphatic carbocycles.